The second kappa shape index (κ2) is 12.2. The summed E-state index contributed by atoms with van der Waals surface area (Å²) in [5.41, 5.74) is 9.84. The Kier molecular flexibility index (Phi) is 10.7. The molecule has 0 bridgehead atoms. The predicted molar refractivity (Wildman–Crippen MR) is 108 cm³/mol. The molecule has 0 heterocycles. The zero-order chi connectivity index (χ0) is 21.2. The van der Waals surface area contributed by atoms with Crippen LogP contribution in [0, 0.1) is 0 Å². The van der Waals surface area contributed by atoms with Gasteiger partial charge in [-0.1, -0.05) is 68.3 Å². The lowest BCUT2D eigenvalue weighted by Crippen LogP contribution is -2.28. The quantitative estimate of drug-likeness (QED) is 0.494. The molecule has 3 N–H and O–H groups in total. The van der Waals surface area contributed by atoms with Crippen LogP contribution in [0.25, 0.3) is 0 Å². The van der Waals surface area contributed by atoms with Crippen molar-refractivity contribution >= 4 is 37.8 Å². The van der Waals surface area contributed by atoms with E-state index in [0.29, 0.717) is 13.2 Å². The Morgan fingerprint density at radius 2 is 1.64 bits per heavy atom. The molecule has 154 valence electrons. The number of rotatable bonds is 7. The number of carboxylic acids is 1. The number of hydrogen-bond acceptors (Lipinski definition) is 3. The average molecular weight is 527 g/mol. The van der Waals surface area contributed by atoms with Gasteiger partial charge in [0.05, 0.1) is 13.2 Å². The van der Waals surface area contributed by atoms with Gasteiger partial charge in [-0.15, -0.1) is 0 Å². The fourth-order valence-corrected chi connectivity index (χ4v) is 2.94. The molecular formula is C19H20Br2F3NO3. The second-order valence-electron chi connectivity index (χ2n) is 5.81. The summed E-state index contributed by atoms with van der Waals surface area (Å²) in [5, 5.41) is 7.97. The first kappa shape index (κ1) is 24.6. The lowest BCUT2D eigenvalue weighted by molar-refractivity contribution is -0.192. The summed E-state index contributed by atoms with van der Waals surface area (Å²) in [5.74, 6) is -2.76. The number of ether oxygens (including phenoxy) is 1. The summed E-state index contributed by atoms with van der Waals surface area (Å²) in [4.78, 5) is 8.90. The normalized spacial score (nSPS) is 12.1. The number of aliphatic carboxylic acids is 1. The Hall–Kier alpha value is -1.42. The zero-order valence-electron chi connectivity index (χ0n) is 14.8. The van der Waals surface area contributed by atoms with E-state index >= 15 is 0 Å². The minimum atomic E-state index is -5.08. The molecule has 0 fully saturated rings. The maximum absolute atomic E-state index is 10.6. The molecule has 0 aliphatic carbocycles. The number of halogens is 5. The van der Waals surface area contributed by atoms with Crippen molar-refractivity contribution in [2.45, 2.75) is 30.6 Å². The number of benzene rings is 2. The van der Waals surface area contributed by atoms with Crippen molar-refractivity contribution < 1.29 is 27.8 Å². The summed E-state index contributed by atoms with van der Waals surface area (Å²) in [6, 6.07) is 16.5. The van der Waals surface area contributed by atoms with Crippen LogP contribution >= 0.6 is 31.9 Å². The molecule has 0 saturated heterocycles. The van der Waals surface area contributed by atoms with Gasteiger partial charge in [0.25, 0.3) is 0 Å². The van der Waals surface area contributed by atoms with Crippen LogP contribution < -0.4 is 5.73 Å². The molecule has 1 unspecified atom stereocenters. The molecule has 28 heavy (non-hydrogen) atoms. The Bertz CT molecular complexity index is 740. The summed E-state index contributed by atoms with van der Waals surface area (Å²) >= 11 is 6.93. The van der Waals surface area contributed by atoms with Crippen LogP contribution in [-0.4, -0.2) is 29.9 Å². The van der Waals surface area contributed by atoms with Crippen molar-refractivity contribution in [1.29, 1.82) is 0 Å². The van der Waals surface area contributed by atoms with E-state index in [9.17, 15) is 13.2 Å². The maximum Gasteiger partial charge on any atom is 0.490 e. The van der Waals surface area contributed by atoms with Crippen molar-refractivity contribution in [3.8, 4) is 0 Å². The highest BCUT2D eigenvalue weighted by molar-refractivity contribution is 9.10. The van der Waals surface area contributed by atoms with E-state index in [1.165, 1.54) is 16.7 Å². The Morgan fingerprint density at radius 1 is 1.11 bits per heavy atom. The van der Waals surface area contributed by atoms with Gasteiger partial charge in [-0.05, 0) is 35.2 Å². The number of hydrogen-bond donors (Lipinski definition) is 2. The zero-order valence-corrected chi connectivity index (χ0v) is 17.9. The molecule has 2 rings (SSSR count). The van der Waals surface area contributed by atoms with Gasteiger partial charge in [0, 0.05) is 15.8 Å². The average Bonchev–Trinajstić information content (AvgIpc) is 2.64. The van der Waals surface area contributed by atoms with Gasteiger partial charge < -0.3 is 15.6 Å². The molecule has 2 aromatic carbocycles. The highest BCUT2D eigenvalue weighted by atomic mass is 79.9. The lowest BCUT2D eigenvalue weighted by Gasteiger charge is -2.13. The van der Waals surface area contributed by atoms with E-state index in [2.05, 4.69) is 56.1 Å². The summed E-state index contributed by atoms with van der Waals surface area (Å²) in [6.45, 7) is 1.17. The predicted octanol–water partition coefficient (Wildman–Crippen LogP) is 5.06. The largest absolute Gasteiger partial charge is 0.490 e. The van der Waals surface area contributed by atoms with E-state index in [-0.39, 0.29) is 6.04 Å². The number of nitrogens with two attached hydrogens (primary N) is 1. The minimum Gasteiger partial charge on any atom is -0.475 e. The Morgan fingerprint density at radius 3 is 2.14 bits per heavy atom. The third-order valence-corrected chi connectivity index (χ3v) is 4.64. The standard InChI is InChI=1S/C17H19Br2NO.C2HF3O2/c18-10-14-3-1-2-4-15(14)11-21-12-17(20)9-13-5-7-16(19)8-6-13;3-2(4,5)1(6)7/h1-8,17H,9-12,20H2;(H,6,7). The SMILES string of the molecule is NC(COCc1ccccc1CBr)Cc1ccc(Br)cc1.O=C(O)C(F)(F)F. The second-order valence-corrected chi connectivity index (χ2v) is 7.29. The van der Waals surface area contributed by atoms with Gasteiger partial charge in [-0.2, -0.15) is 13.2 Å². The molecular weight excluding hydrogens is 507 g/mol. The summed E-state index contributed by atoms with van der Waals surface area (Å²) in [7, 11) is 0. The van der Waals surface area contributed by atoms with E-state index in [4.69, 9.17) is 20.4 Å². The summed E-state index contributed by atoms with van der Waals surface area (Å²) < 4.78 is 38.6. The fraction of sp³-hybridized carbons (Fsp3) is 0.316. The molecule has 4 nitrogen and oxygen atoms in total. The lowest BCUT2D eigenvalue weighted by atomic mass is 10.1. The number of carbonyl (C=O) groups is 1. The minimum absolute atomic E-state index is 0.0160. The Labute approximate surface area is 178 Å². The van der Waals surface area contributed by atoms with Crippen LogP contribution in [0.1, 0.15) is 16.7 Å². The smallest absolute Gasteiger partial charge is 0.475 e. The first-order valence-corrected chi connectivity index (χ1v) is 10.1. The third kappa shape index (κ3) is 9.68. The van der Waals surface area contributed by atoms with Gasteiger partial charge in [0.1, 0.15) is 0 Å². The molecule has 0 saturated carbocycles. The molecule has 2 aromatic rings. The highest BCUT2D eigenvalue weighted by Crippen LogP contribution is 2.15. The van der Waals surface area contributed by atoms with E-state index in [0.717, 1.165) is 16.2 Å². The van der Waals surface area contributed by atoms with Crippen LogP contribution in [0.2, 0.25) is 0 Å². The first-order valence-electron chi connectivity index (χ1n) is 8.14. The van der Waals surface area contributed by atoms with Crippen molar-refractivity contribution in [3.05, 3.63) is 69.7 Å². The summed E-state index contributed by atoms with van der Waals surface area (Å²) in [6.07, 6.45) is -4.26. The molecule has 0 aliphatic heterocycles. The molecule has 0 radical (unpaired) electrons. The monoisotopic (exact) mass is 525 g/mol. The Balaban J connectivity index is 0.000000480. The van der Waals surface area contributed by atoms with E-state index < -0.39 is 12.1 Å². The molecule has 9 heteroatoms. The van der Waals surface area contributed by atoms with Gasteiger partial charge in [-0.3, -0.25) is 0 Å². The molecule has 0 aromatic heterocycles. The van der Waals surface area contributed by atoms with Gasteiger partial charge >= 0.3 is 12.1 Å². The molecule has 0 amide bonds. The van der Waals surface area contributed by atoms with Crippen LogP contribution in [0.3, 0.4) is 0 Å². The maximum atomic E-state index is 10.6. The molecule has 0 aliphatic rings. The van der Waals surface area contributed by atoms with Gasteiger partial charge in [-0.25, -0.2) is 4.79 Å². The van der Waals surface area contributed by atoms with Crippen molar-refractivity contribution in [2.24, 2.45) is 5.73 Å². The molecule has 1 atom stereocenters. The highest BCUT2D eigenvalue weighted by Gasteiger charge is 2.38. The molecule has 0 spiro atoms. The van der Waals surface area contributed by atoms with Crippen LogP contribution in [-0.2, 0) is 27.9 Å². The number of alkyl halides is 4. The van der Waals surface area contributed by atoms with Gasteiger partial charge in [0.15, 0.2) is 0 Å². The topological polar surface area (TPSA) is 72.5 Å². The third-order valence-electron chi connectivity index (χ3n) is 3.51. The van der Waals surface area contributed by atoms with Crippen LogP contribution in [0.4, 0.5) is 13.2 Å². The van der Waals surface area contributed by atoms with Crippen molar-refractivity contribution in [1.82, 2.24) is 0 Å². The van der Waals surface area contributed by atoms with Crippen molar-refractivity contribution in [3.63, 3.8) is 0 Å². The first-order chi connectivity index (χ1) is 13.1. The van der Waals surface area contributed by atoms with Crippen molar-refractivity contribution in [2.75, 3.05) is 6.61 Å². The fourth-order valence-electron chi connectivity index (χ4n) is 2.13. The van der Waals surface area contributed by atoms with E-state index in [1.54, 1.807) is 0 Å². The van der Waals surface area contributed by atoms with Gasteiger partial charge in [0.2, 0.25) is 0 Å². The van der Waals surface area contributed by atoms with Crippen LogP contribution in [0.5, 0.6) is 0 Å². The van der Waals surface area contributed by atoms with E-state index in [1.807, 2.05) is 24.3 Å². The van der Waals surface area contributed by atoms with Crippen LogP contribution in [0.15, 0.2) is 53.0 Å². The number of carboxylic acid groups (broad SMARTS) is 1.